The lowest BCUT2D eigenvalue weighted by molar-refractivity contribution is -0.175. The number of hydrogen-bond donors (Lipinski definition) is 1. The van der Waals surface area contributed by atoms with Gasteiger partial charge in [0.05, 0.1) is 6.61 Å². The van der Waals surface area contributed by atoms with Gasteiger partial charge >= 0.3 is 11.9 Å². The van der Waals surface area contributed by atoms with E-state index in [1.807, 2.05) is 0 Å². The van der Waals surface area contributed by atoms with Gasteiger partial charge in [0.1, 0.15) is 11.8 Å². The van der Waals surface area contributed by atoms with E-state index in [1.165, 1.54) is 19.1 Å². The predicted molar refractivity (Wildman–Crippen MR) is 59.5 cm³/mol. The number of alkyl halides is 2. The molecule has 0 aliphatic rings. The van der Waals surface area contributed by atoms with Crippen molar-refractivity contribution in [2.75, 3.05) is 6.61 Å². The molecule has 0 aromatic carbocycles. The second-order valence-electron chi connectivity index (χ2n) is 2.96. The van der Waals surface area contributed by atoms with E-state index in [0.717, 1.165) is 0 Å². The standard InChI is InChI=1S/C9H10ClF2NO3.ClH/c1-2-15-8(14)9(11,12)7(13)5-3-4-6(10)16-5;/h3-4,7H,2,13H2,1H3;1H/t7-;/m0./s1. The topological polar surface area (TPSA) is 65.5 Å². The highest BCUT2D eigenvalue weighted by Crippen LogP contribution is 2.32. The molecule has 0 saturated carbocycles. The maximum atomic E-state index is 13.4. The van der Waals surface area contributed by atoms with Gasteiger partial charge in [0.15, 0.2) is 5.22 Å². The molecule has 0 bridgehead atoms. The molecule has 0 amide bonds. The Labute approximate surface area is 107 Å². The molecule has 1 atom stereocenters. The number of halogens is 4. The molecule has 98 valence electrons. The van der Waals surface area contributed by atoms with Crippen molar-refractivity contribution in [1.29, 1.82) is 0 Å². The van der Waals surface area contributed by atoms with Crippen molar-refractivity contribution in [2.24, 2.45) is 5.73 Å². The Balaban J connectivity index is 0.00000256. The van der Waals surface area contributed by atoms with Crippen LogP contribution in [0.5, 0.6) is 0 Å². The fraction of sp³-hybridized carbons (Fsp3) is 0.444. The third-order valence-electron chi connectivity index (χ3n) is 1.84. The zero-order valence-corrected chi connectivity index (χ0v) is 10.4. The van der Waals surface area contributed by atoms with Crippen LogP contribution in [0.15, 0.2) is 16.5 Å². The summed E-state index contributed by atoms with van der Waals surface area (Å²) in [4.78, 5) is 11.0. The van der Waals surface area contributed by atoms with Crippen LogP contribution in [0.3, 0.4) is 0 Å². The molecular formula is C9H11Cl2F2NO3. The highest BCUT2D eigenvalue weighted by molar-refractivity contribution is 6.28. The number of hydrogen-bond acceptors (Lipinski definition) is 4. The molecule has 1 aromatic heterocycles. The van der Waals surface area contributed by atoms with Crippen LogP contribution in [0.1, 0.15) is 18.7 Å². The Morgan fingerprint density at radius 2 is 2.24 bits per heavy atom. The van der Waals surface area contributed by atoms with E-state index in [1.54, 1.807) is 0 Å². The van der Waals surface area contributed by atoms with Gasteiger partial charge < -0.3 is 14.9 Å². The lowest BCUT2D eigenvalue weighted by Crippen LogP contribution is -2.41. The molecule has 1 aromatic rings. The second-order valence-corrected chi connectivity index (χ2v) is 3.34. The summed E-state index contributed by atoms with van der Waals surface area (Å²) in [6.07, 6.45) is 0. The summed E-state index contributed by atoms with van der Waals surface area (Å²) in [6.45, 7) is 1.27. The van der Waals surface area contributed by atoms with Gasteiger partial charge in [-0.2, -0.15) is 8.78 Å². The first-order chi connectivity index (χ1) is 7.39. The molecule has 1 rings (SSSR count). The molecule has 0 unspecified atom stereocenters. The molecule has 2 N–H and O–H groups in total. The highest BCUT2D eigenvalue weighted by Gasteiger charge is 2.49. The van der Waals surface area contributed by atoms with Crippen LogP contribution in [0.25, 0.3) is 0 Å². The average Bonchev–Trinajstić information content (AvgIpc) is 2.64. The molecule has 0 fully saturated rings. The van der Waals surface area contributed by atoms with Gasteiger partial charge in [-0.25, -0.2) is 4.79 Å². The third kappa shape index (κ3) is 3.55. The van der Waals surface area contributed by atoms with E-state index < -0.39 is 17.9 Å². The van der Waals surface area contributed by atoms with E-state index in [9.17, 15) is 13.6 Å². The lowest BCUT2D eigenvalue weighted by atomic mass is 10.1. The molecule has 0 saturated heterocycles. The Kier molecular flexibility index (Phi) is 5.87. The predicted octanol–water partition coefficient (Wildman–Crippen LogP) is 2.55. The summed E-state index contributed by atoms with van der Waals surface area (Å²) >= 11 is 5.41. The summed E-state index contributed by atoms with van der Waals surface area (Å²) in [5.74, 6) is -5.81. The Morgan fingerprint density at radius 1 is 1.65 bits per heavy atom. The fourth-order valence-corrected chi connectivity index (χ4v) is 1.18. The largest absolute Gasteiger partial charge is 0.462 e. The molecule has 1 heterocycles. The molecular weight excluding hydrogens is 279 g/mol. The zero-order valence-electron chi connectivity index (χ0n) is 8.78. The van der Waals surface area contributed by atoms with Gasteiger partial charge in [-0.1, -0.05) is 0 Å². The summed E-state index contributed by atoms with van der Waals surface area (Å²) < 4.78 is 35.7. The Hall–Kier alpha value is -0.850. The van der Waals surface area contributed by atoms with E-state index in [4.69, 9.17) is 21.8 Å². The van der Waals surface area contributed by atoms with Gasteiger partial charge in [-0.15, -0.1) is 12.4 Å². The number of ether oxygens (including phenoxy) is 1. The van der Waals surface area contributed by atoms with Crippen LogP contribution in [0, 0.1) is 0 Å². The number of nitrogens with two attached hydrogens (primary N) is 1. The van der Waals surface area contributed by atoms with Gasteiger partial charge in [-0.05, 0) is 30.7 Å². The fourth-order valence-electron chi connectivity index (χ4n) is 1.03. The van der Waals surface area contributed by atoms with Crippen LogP contribution in [-0.2, 0) is 9.53 Å². The van der Waals surface area contributed by atoms with Crippen LogP contribution >= 0.6 is 24.0 Å². The van der Waals surface area contributed by atoms with E-state index in [2.05, 4.69) is 4.74 Å². The molecule has 4 nitrogen and oxygen atoms in total. The van der Waals surface area contributed by atoms with Crippen molar-refractivity contribution < 1.29 is 22.7 Å². The van der Waals surface area contributed by atoms with E-state index in [0.29, 0.717) is 0 Å². The SMILES string of the molecule is CCOC(=O)C(F)(F)[C@@H](N)c1ccc(Cl)o1.Cl. The van der Waals surface area contributed by atoms with Crippen molar-refractivity contribution in [2.45, 2.75) is 18.9 Å². The number of carbonyl (C=O) groups excluding carboxylic acids is 1. The average molecular weight is 290 g/mol. The first-order valence-corrected chi connectivity index (χ1v) is 4.83. The first kappa shape index (κ1) is 16.1. The van der Waals surface area contributed by atoms with Crippen LogP contribution in [0.4, 0.5) is 8.78 Å². The van der Waals surface area contributed by atoms with Crippen molar-refractivity contribution >= 4 is 30.0 Å². The summed E-state index contributed by atoms with van der Waals surface area (Å²) in [5, 5.41) is -0.0786. The minimum atomic E-state index is -3.85. The number of furan rings is 1. The molecule has 0 radical (unpaired) electrons. The van der Waals surface area contributed by atoms with Gasteiger partial charge in [0.25, 0.3) is 0 Å². The maximum absolute atomic E-state index is 13.4. The van der Waals surface area contributed by atoms with Crippen molar-refractivity contribution in [3.8, 4) is 0 Å². The van der Waals surface area contributed by atoms with Crippen LogP contribution < -0.4 is 5.73 Å². The molecule has 0 aliphatic carbocycles. The van der Waals surface area contributed by atoms with Gasteiger partial charge in [0, 0.05) is 0 Å². The quantitative estimate of drug-likeness (QED) is 0.865. The van der Waals surface area contributed by atoms with Gasteiger partial charge in [-0.3, -0.25) is 0 Å². The number of carbonyl (C=O) groups is 1. The monoisotopic (exact) mass is 289 g/mol. The smallest absolute Gasteiger partial charge is 0.379 e. The summed E-state index contributed by atoms with van der Waals surface area (Å²) in [5.41, 5.74) is 5.21. The third-order valence-corrected chi connectivity index (χ3v) is 2.04. The minimum Gasteiger partial charge on any atom is -0.462 e. The molecule has 0 spiro atoms. The zero-order chi connectivity index (χ0) is 12.3. The first-order valence-electron chi connectivity index (χ1n) is 4.45. The van der Waals surface area contributed by atoms with Crippen molar-refractivity contribution in [3.63, 3.8) is 0 Å². The summed E-state index contributed by atoms with van der Waals surface area (Å²) in [6, 6.07) is 0.525. The lowest BCUT2D eigenvalue weighted by Gasteiger charge is -2.19. The maximum Gasteiger partial charge on any atom is 0.379 e. The number of esters is 1. The number of rotatable bonds is 4. The normalized spacial score (nSPS) is 12.8. The molecule has 0 aliphatic heterocycles. The van der Waals surface area contributed by atoms with E-state index in [-0.39, 0.29) is 30.0 Å². The van der Waals surface area contributed by atoms with Crippen molar-refractivity contribution in [1.82, 2.24) is 0 Å². The Bertz CT molecular complexity index is 384. The summed E-state index contributed by atoms with van der Waals surface area (Å²) in [7, 11) is 0. The van der Waals surface area contributed by atoms with E-state index >= 15 is 0 Å². The molecule has 8 heteroatoms. The Morgan fingerprint density at radius 3 is 2.65 bits per heavy atom. The second kappa shape index (κ2) is 6.18. The molecule has 17 heavy (non-hydrogen) atoms. The van der Waals surface area contributed by atoms with Crippen LogP contribution in [0.2, 0.25) is 5.22 Å². The van der Waals surface area contributed by atoms with Gasteiger partial charge in [0.2, 0.25) is 0 Å². The van der Waals surface area contributed by atoms with Crippen molar-refractivity contribution in [3.05, 3.63) is 23.1 Å². The van der Waals surface area contributed by atoms with Crippen LogP contribution in [-0.4, -0.2) is 18.5 Å². The highest BCUT2D eigenvalue weighted by atomic mass is 35.5. The minimum absolute atomic E-state index is 0.